The number of rotatable bonds is 4. The van der Waals surface area contributed by atoms with Gasteiger partial charge in [0.15, 0.2) is 0 Å². The van der Waals surface area contributed by atoms with Crippen molar-refractivity contribution < 1.29 is 14.3 Å². The maximum Gasteiger partial charge on any atom is 0.223 e. The number of nitrogens with zero attached hydrogens (tertiary/aromatic N) is 1. The molecule has 5 heteroatoms. The highest BCUT2D eigenvalue weighted by Gasteiger charge is 2.44. The molecule has 1 spiro atoms. The molecule has 2 heterocycles. The van der Waals surface area contributed by atoms with Gasteiger partial charge in [0, 0.05) is 50.7 Å². The van der Waals surface area contributed by atoms with Gasteiger partial charge in [-0.25, -0.2) is 0 Å². The first kappa shape index (κ1) is 21.2. The van der Waals surface area contributed by atoms with E-state index in [1.165, 1.54) is 6.42 Å². The lowest BCUT2D eigenvalue weighted by Gasteiger charge is -2.47. The van der Waals surface area contributed by atoms with Gasteiger partial charge in [-0.3, -0.25) is 9.59 Å². The number of benzene rings is 1. The minimum atomic E-state index is -0.270. The molecule has 1 aliphatic carbocycles. The summed E-state index contributed by atoms with van der Waals surface area (Å²) >= 11 is 0. The molecule has 30 heavy (non-hydrogen) atoms. The maximum absolute atomic E-state index is 12.7. The molecule has 4 rings (SSSR count). The third kappa shape index (κ3) is 4.81. The third-order valence-corrected chi connectivity index (χ3v) is 6.91. The van der Waals surface area contributed by atoms with E-state index in [1.54, 1.807) is 0 Å². The van der Waals surface area contributed by atoms with E-state index >= 15 is 0 Å². The van der Waals surface area contributed by atoms with E-state index < -0.39 is 0 Å². The van der Waals surface area contributed by atoms with Crippen LogP contribution in [0, 0.1) is 5.41 Å². The van der Waals surface area contributed by atoms with Gasteiger partial charge in [0.1, 0.15) is 11.4 Å². The predicted molar refractivity (Wildman–Crippen MR) is 117 cm³/mol. The number of hydrogen-bond donors (Lipinski definition) is 1. The summed E-state index contributed by atoms with van der Waals surface area (Å²) in [4.78, 5) is 27.3. The SMILES string of the molecule is CC(C)(C)CC(=O)N1CCC2(CC1)CC(CC(=O)NC1CCC1)c1ccccc1O2. The van der Waals surface area contributed by atoms with Gasteiger partial charge >= 0.3 is 0 Å². The van der Waals surface area contributed by atoms with Crippen LogP contribution in [0.3, 0.4) is 0 Å². The van der Waals surface area contributed by atoms with Crippen LogP contribution in [0.2, 0.25) is 0 Å². The molecular formula is C25H36N2O3. The Labute approximate surface area is 180 Å². The van der Waals surface area contributed by atoms with Gasteiger partial charge in [0.25, 0.3) is 0 Å². The summed E-state index contributed by atoms with van der Waals surface area (Å²) in [7, 11) is 0. The second-order valence-corrected chi connectivity index (χ2v) is 10.7. The molecule has 5 nitrogen and oxygen atoms in total. The Hall–Kier alpha value is -2.04. The van der Waals surface area contributed by atoms with Gasteiger partial charge in [-0.1, -0.05) is 39.0 Å². The smallest absolute Gasteiger partial charge is 0.223 e. The fourth-order valence-electron chi connectivity index (χ4n) is 5.03. The lowest BCUT2D eigenvalue weighted by atomic mass is 9.76. The Morgan fingerprint density at radius 2 is 1.87 bits per heavy atom. The zero-order valence-electron chi connectivity index (χ0n) is 18.7. The summed E-state index contributed by atoms with van der Waals surface area (Å²) in [6, 6.07) is 8.55. The molecule has 0 bridgehead atoms. The molecular weight excluding hydrogens is 376 g/mol. The maximum atomic E-state index is 12.7. The number of hydrogen-bond acceptors (Lipinski definition) is 3. The number of carbonyl (C=O) groups excluding carboxylic acids is 2. The van der Waals surface area contributed by atoms with Crippen LogP contribution in [0.5, 0.6) is 5.75 Å². The molecule has 2 fully saturated rings. The molecule has 1 saturated heterocycles. The fourth-order valence-corrected chi connectivity index (χ4v) is 5.03. The first-order valence-electron chi connectivity index (χ1n) is 11.6. The Bertz CT molecular complexity index is 786. The van der Waals surface area contributed by atoms with E-state index in [1.807, 2.05) is 23.1 Å². The minimum absolute atomic E-state index is 0.00535. The molecule has 2 aliphatic heterocycles. The van der Waals surface area contributed by atoms with Crippen molar-refractivity contribution in [3.63, 3.8) is 0 Å². The highest BCUT2D eigenvalue weighted by molar-refractivity contribution is 5.78. The van der Waals surface area contributed by atoms with Gasteiger partial charge in [0.05, 0.1) is 0 Å². The van der Waals surface area contributed by atoms with Crippen molar-refractivity contribution in [3.05, 3.63) is 29.8 Å². The Balaban J connectivity index is 1.43. The van der Waals surface area contributed by atoms with Crippen molar-refractivity contribution in [2.75, 3.05) is 13.1 Å². The van der Waals surface area contributed by atoms with Crippen LogP contribution < -0.4 is 10.1 Å². The van der Waals surface area contributed by atoms with E-state index in [0.717, 1.165) is 56.5 Å². The van der Waals surface area contributed by atoms with E-state index in [-0.39, 0.29) is 28.7 Å². The first-order valence-corrected chi connectivity index (χ1v) is 11.6. The molecule has 1 N–H and O–H groups in total. The molecule has 0 aromatic heterocycles. The van der Waals surface area contributed by atoms with Gasteiger partial charge in [-0.2, -0.15) is 0 Å². The largest absolute Gasteiger partial charge is 0.487 e. The van der Waals surface area contributed by atoms with Crippen LogP contribution in [0.15, 0.2) is 24.3 Å². The zero-order valence-corrected chi connectivity index (χ0v) is 18.7. The Morgan fingerprint density at radius 1 is 1.17 bits per heavy atom. The Kier molecular flexibility index (Phi) is 5.82. The summed E-state index contributed by atoms with van der Waals surface area (Å²) in [5.41, 5.74) is 0.887. The van der Waals surface area contributed by atoms with E-state index in [2.05, 4.69) is 32.2 Å². The number of likely N-dealkylation sites (tertiary alicyclic amines) is 1. The normalized spacial score (nSPS) is 23.3. The lowest BCUT2D eigenvalue weighted by Crippen LogP contribution is -2.52. The second-order valence-electron chi connectivity index (χ2n) is 10.7. The molecule has 1 saturated carbocycles. The van der Waals surface area contributed by atoms with E-state index in [9.17, 15) is 9.59 Å². The number of carbonyl (C=O) groups is 2. The third-order valence-electron chi connectivity index (χ3n) is 6.91. The average molecular weight is 413 g/mol. The molecule has 3 aliphatic rings. The van der Waals surface area contributed by atoms with Crippen LogP contribution >= 0.6 is 0 Å². The highest BCUT2D eigenvalue weighted by atomic mass is 16.5. The summed E-state index contributed by atoms with van der Waals surface area (Å²) in [6.45, 7) is 7.79. The number of piperidine rings is 1. The number of amides is 2. The first-order chi connectivity index (χ1) is 14.2. The van der Waals surface area contributed by atoms with Crippen LogP contribution in [0.4, 0.5) is 0 Å². The van der Waals surface area contributed by atoms with Crippen LogP contribution in [0.1, 0.15) is 83.6 Å². The van der Waals surface area contributed by atoms with Crippen molar-refractivity contribution in [2.45, 2.75) is 89.7 Å². The lowest BCUT2D eigenvalue weighted by molar-refractivity contribution is -0.137. The number of fused-ring (bicyclic) bond motifs is 1. The van der Waals surface area contributed by atoms with E-state index in [4.69, 9.17) is 4.74 Å². The van der Waals surface area contributed by atoms with Gasteiger partial charge in [-0.15, -0.1) is 0 Å². The molecule has 164 valence electrons. The van der Waals surface area contributed by atoms with Crippen LogP contribution in [-0.2, 0) is 9.59 Å². The standard InChI is InChI=1S/C25H36N2O3/c1-24(2,3)17-23(29)27-13-11-25(12-14-27)16-18(15-22(28)26-19-7-6-8-19)20-9-4-5-10-21(20)30-25/h4-5,9-10,18-19H,6-8,11-17H2,1-3H3,(H,26,28). The van der Waals surface area contributed by atoms with Gasteiger partial charge in [-0.05, 0) is 42.7 Å². The average Bonchev–Trinajstić information content (AvgIpc) is 2.64. The fraction of sp³-hybridized carbons (Fsp3) is 0.680. The van der Waals surface area contributed by atoms with Crippen LogP contribution in [-0.4, -0.2) is 41.4 Å². The molecule has 2 amide bonds. The quantitative estimate of drug-likeness (QED) is 0.797. The number of nitrogens with one attached hydrogen (secondary N) is 1. The highest BCUT2D eigenvalue weighted by Crippen LogP contribution is 2.46. The molecule has 1 atom stereocenters. The molecule has 1 aromatic rings. The van der Waals surface area contributed by atoms with Gasteiger partial charge in [0.2, 0.25) is 11.8 Å². The van der Waals surface area contributed by atoms with Crippen molar-refractivity contribution in [3.8, 4) is 5.75 Å². The monoisotopic (exact) mass is 412 g/mol. The molecule has 1 unspecified atom stereocenters. The Morgan fingerprint density at radius 3 is 2.50 bits per heavy atom. The van der Waals surface area contributed by atoms with Crippen molar-refractivity contribution in [1.82, 2.24) is 10.2 Å². The van der Waals surface area contributed by atoms with Crippen LogP contribution in [0.25, 0.3) is 0 Å². The summed E-state index contributed by atoms with van der Waals surface area (Å²) in [5.74, 6) is 1.49. The summed E-state index contributed by atoms with van der Waals surface area (Å²) in [5, 5.41) is 3.20. The van der Waals surface area contributed by atoms with Crippen molar-refractivity contribution >= 4 is 11.8 Å². The number of ether oxygens (including phenoxy) is 1. The predicted octanol–water partition coefficient (Wildman–Crippen LogP) is 4.41. The van der Waals surface area contributed by atoms with E-state index in [0.29, 0.717) is 18.9 Å². The topological polar surface area (TPSA) is 58.6 Å². The summed E-state index contributed by atoms with van der Waals surface area (Å²) in [6.07, 6.45) is 7.05. The molecule has 0 radical (unpaired) electrons. The van der Waals surface area contributed by atoms with Gasteiger partial charge < -0.3 is 15.0 Å². The second kappa shape index (κ2) is 8.24. The summed E-state index contributed by atoms with van der Waals surface area (Å²) < 4.78 is 6.54. The number of para-hydroxylation sites is 1. The minimum Gasteiger partial charge on any atom is -0.487 e. The zero-order chi connectivity index (χ0) is 21.4. The van der Waals surface area contributed by atoms with Crippen molar-refractivity contribution in [1.29, 1.82) is 0 Å². The molecule has 1 aromatic carbocycles. The van der Waals surface area contributed by atoms with Crippen molar-refractivity contribution in [2.24, 2.45) is 5.41 Å².